The standard InChI is InChI=1S/C15H17Si2/c1-16-12-8-4-6-10-14(12)17(2,3)15-11-7-5-9-13(15)16/h4-11H,1-3H3. The number of hydrogen-bond acceptors (Lipinski definition) is 0. The van der Waals surface area contributed by atoms with Crippen LogP contribution < -0.4 is 20.7 Å². The number of fused-ring (bicyclic) bond motifs is 2. The Hall–Kier alpha value is -1.13. The van der Waals surface area contributed by atoms with E-state index in [0.29, 0.717) is 0 Å². The molecular formula is C15H17Si2. The van der Waals surface area contributed by atoms with Crippen molar-refractivity contribution in [3.05, 3.63) is 48.5 Å². The van der Waals surface area contributed by atoms with Crippen molar-refractivity contribution in [3.63, 3.8) is 0 Å². The topological polar surface area (TPSA) is 0 Å². The van der Waals surface area contributed by atoms with Gasteiger partial charge in [0.2, 0.25) is 0 Å². The van der Waals surface area contributed by atoms with E-state index in [2.05, 4.69) is 68.2 Å². The van der Waals surface area contributed by atoms with Gasteiger partial charge in [-0.15, -0.1) is 0 Å². The third kappa shape index (κ3) is 1.48. The summed E-state index contributed by atoms with van der Waals surface area (Å²) < 4.78 is 0. The van der Waals surface area contributed by atoms with E-state index in [9.17, 15) is 0 Å². The fourth-order valence-electron chi connectivity index (χ4n) is 3.00. The van der Waals surface area contributed by atoms with E-state index < -0.39 is 16.9 Å². The summed E-state index contributed by atoms with van der Waals surface area (Å²) in [5.74, 6) is 0. The lowest BCUT2D eigenvalue weighted by molar-refractivity contribution is 1.68. The Morgan fingerprint density at radius 1 is 0.765 bits per heavy atom. The summed E-state index contributed by atoms with van der Waals surface area (Å²) in [7, 11) is -1.99. The summed E-state index contributed by atoms with van der Waals surface area (Å²) in [4.78, 5) is 0. The molecule has 2 aromatic carbocycles. The molecule has 2 aromatic rings. The van der Waals surface area contributed by atoms with Gasteiger partial charge < -0.3 is 0 Å². The molecule has 0 aromatic heterocycles. The van der Waals surface area contributed by atoms with Crippen LogP contribution in [-0.4, -0.2) is 16.9 Å². The van der Waals surface area contributed by atoms with Gasteiger partial charge >= 0.3 is 0 Å². The van der Waals surface area contributed by atoms with Crippen LogP contribution in [0.5, 0.6) is 0 Å². The fraction of sp³-hybridized carbons (Fsp3) is 0.200. The van der Waals surface area contributed by atoms with Crippen LogP contribution in [0.2, 0.25) is 19.6 Å². The highest BCUT2D eigenvalue weighted by atomic mass is 28.3. The molecule has 0 saturated carbocycles. The third-order valence-corrected chi connectivity index (χ3v) is 10.6. The average molecular weight is 253 g/mol. The van der Waals surface area contributed by atoms with Crippen LogP contribution in [0.3, 0.4) is 0 Å². The molecule has 0 nitrogen and oxygen atoms in total. The summed E-state index contributed by atoms with van der Waals surface area (Å²) in [6.45, 7) is 7.41. The second-order valence-electron chi connectivity index (χ2n) is 5.34. The highest BCUT2D eigenvalue weighted by molar-refractivity contribution is 7.10. The summed E-state index contributed by atoms with van der Waals surface area (Å²) in [6.07, 6.45) is 0. The Morgan fingerprint density at radius 2 is 1.18 bits per heavy atom. The molecule has 0 unspecified atom stereocenters. The van der Waals surface area contributed by atoms with Crippen molar-refractivity contribution in [2.75, 3.05) is 0 Å². The highest BCUT2D eigenvalue weighted by Crippen LogP contribution is 2.08. The molecule has 0 N–H and O–H groups in total. The largest absolute Gasteiger partial charge is 0.117 e. The van der Waals surface area contributed by atoms with Gasteiger partial charge in [0.15, 0.2) is 0 Å². The molecule has 0 bridgehead atoms. The first-order valence-corrected chi connectivity index (χ1v) is 11.2. The van der Waals surface area contributed by atoms with Gasteiger partial charge in [-0.3, -0.25) is 0 Å². The molecule has 0 fully saturated rings. The van der Waals surface area contributed by atoms with E-state index in [4.69, 9.17) is 0 Å². The second-order valence-corrected chi connectivity index (χ2v) is 12.0. The van der Waals surface area contributed by atoms with E-state index >= 15 is 0 Å². The highest BCUT2D eigenvalue weighted by Gasteiger charge is 2.37. The van der Waals surface area contributed by atoms with Gasteiger partial charge in [-0.2, -0.15) is 0 Å². The molecule has 0 amide bonds. The van der Waals surface area contributed by atoms with Gasteiger partial charge in [-0.1, -0.05) is 88.9 Å². The molecule has 2 heteroatoms. The lowest BCUT2D eigenvalue weighted by Gasteiger charge is -2.36. The van der Waals surface area contributed by atoms with Gasteiger partial charge in [-0.25, -0.2) is 0 Å². The molecule has 0 atom stereocenters. The minimum Gasteiger partial charge on any atom is -0.0629 e. The minimum absolute atomic E-state index is 0.542. The molecule has 0 spiro atoms. The Balaban J connectivity index is 2.34. The molecule has 17 heavy (non-hydrogen) atoms. The summed E-state index contributed by atoms with van der Waals surface area (Å²) in [5, 5.41) is 6.62. The van der Waals surface area contributed by atoms with Crippen molar-refractivity contribution in [3.8, 4) is 0 Å². The van der Waals surface area contributed by atoms with Crippen molar-refractivity contribution in [1.29, 1.82) is 0 Å². The lowest BCUT2D eigenvalue weighted by Crippen LogP contribution is -2.72. The van der Waals surface area contributed by atoms with E-state index in [1.165, 1.54) is 0 Å². The molecule has 1 aliphatic heterocycles. The van der Waals surface area contributed by atoms with Crippen LogP contribution >= 0.6 is 0 Å². The Labute approximate surface area is 106 Å². The van der Waals surface area contributed by atoms with Crippen molar-refractivity contribution < 1.29 is 0 Å². The van der Waals surface area contributed by atoms with E-state index in [-0.39, 0.29) is 0 Å². The molecule has 0 aliphatic carbocycles. The molecule has 1 heterocycles. The maximum Gasteiger partial charge on any atom is 0.117 e. The van der Waals surface area contributed by atoms with Crippen molar-refractivity contribution in [2.45, 2.75) is 19.6 Å². The first-order valence-electron chi connectivity index (χ1n) is 6.15. The molecule has 3 rings (SSSR count). The van der Waals surface area contributed by atoms with Crippen LogP contribution in [0.15, 0.2) is 48.5 Å². The van der Waals surface area contributed by atoms with Crippen LogP contribution in [0.4, 0.5) is 0 Å². The molecule has 1 radical (unpaired) electrons. The zero-order chi connectivity index (χ0) is 12.0. The quantitative estimate of drug-likeness (QED) is 0.616. The molecule has 0 saturated heterocycles. The van der Waals surface area contributed by atoms with Gasteiger partial charge in [0.1, 0.15) is 16.9 Å². The van der Waals surface area contributed by atoms with Crippen molar-refractivity contribution >= 4 is 37.6 Å². The van der Waals surface area contributed by atoms with E-state index in [1.807, 2.05) is 0 Å². The Morgan fingerprint density at radius 3 is 1.65 bits per heavy atom. The third-order valence-electron chi connectivity index (χ3n) is 4.01. The Kier molecular flexibility index (Phi) is 2.38. The van der Waals surface area contributed by atoms with Crippen molar-refractivity contribution in [2.24, 2.45) is 0 Å². The monoisotopic (exact) mass is 253 g/mol. The van der Waals surface area contributed by atoms with Crippen LogP contribution in [0.1, 0.15) is 0 Å². The summed E-state index contributed by atoms with van der Waals surface area (Å²) in [6, 6.07) is 18.3. The van der Waals surface area contributed by atoms with Gasteiger partial charge in [0.05, 0.1) is 0 Å². The second kappa shape index (κ2) is 3.68. The Bertz CT molecular complexity index is 523. The van der Waals surface area contributed by atoms with Gasteiger partial charge in [-0.05, 0) is 0 Å². The molecule has 85 valence electrons. The normalized spacial score (nSPS) is 17.4. The van der Waals surface area contributed by atoms with Crippen molar-refractivity contribution in [1.82, 2.24) is 0 Å². The van der Waals surface area contributed by atoms with E-state index in [0.717, 1.165) is 0 Å². The number of benzene rings is 2. The zero-order valence-corrected chi connectivity index (χ0v) is 12.6. The fourth-order valence-corrected chi connectivity index (χ4v) is 10.8. The predicted octanol–water partition coefficient (Wildman–Crippen LogP) is 1.06. The summed E-state index contributed by atoms with van der Waals surface area (Å²) >= 11 is 0. The average Bonchev–Trinajstić information content (AvgIpc) is 2.37. The first-order chi connectivity index (χ1) is 8.12. The SMILES string of the molecule is C[Si]1c2ccccc2[Si](C)(C)c2ccccc21. The smallest absolute Gasteiger partial charge is 0.0629 e. The zero-order valence-electron chi connectivity index (χ0n) is 10.6. The van der Waals surface area contributed by atoms with Gasteiger partial charge in [0.25, 0.3) is 0 Å². The summed E-state index contributed by atoms with van der Waals surface area (Å²) in [5.41, 5.74) is 0. The molecular weight excluding hydrogens is 236 g/mol. The minimum atomic E-state index is -1.45. The predicted molar refractivity (Wildman–Crippen MR) is 80.5 cm³/mol. The van der Waals surface area contributed by atoms with Gasteiger partial charge in [0, 0.05) is 0 Å². The maximum atomic E-state index is 2.49. The number of hydrogen-bond donors (Lipinski definition) is 0. The number of rotatable bonds is 0. The van der Waals surface area contributed by atoms with Crippen LogP contribution in [0, 0.1) is 0 Å². The van der Waals surface area contributed by atoms with Crippen LogP contribution in [0.25, 0.3) is 0 Å². The molecule has 1 aliphatic rings. The maximum absolute atomic E-state index is 2.49. The lowest BCUT2D eigenvalue weighted by atomic mass is 10.3. The van der Waals surface area contributed by atoms with E-state index in [1.54, 1.807) is 20.7 Å². The van der Waals surface area contributed by atoms with Crippen LogP contribution in [-0.2, 0) is 0 Å². The first kappa shape index (κ1) is 11.0.